The Kier molecular flexibility index (Phi) is 8.23. The lowest BCUT2D eigenvalue weighted by Crippen LogP contribution is -2.37. The van der Waals surface area contributed by atoms with Gasteiger partial charge in [-0.2, -0.15) is 0 Å². The molecule has 2 aromatic carbocycles. The first-order valence-corrected chi connectivity index (χ1v) is 13.1. The fourth-order valence-corrected chi connectivity index (χ4v) is 5.34. The van der Waals surface area contributed by atoms with E-state index in [1.54, 1.807) is 23.1 Å². The fraction of sp³-hybridized carbons (Fsp3) is 0.310. The van der Waals surface area contributed by atoms with E-state index in [4.69, 9.17) is 4.74 Å². The van der Waals surface area contributed by atoms with Gasteiger partial charge in [-0.15, -0.1) is 11.3 Å². The van der Waals surface area contributed by atoms with Crippen molar-refractivity contribution in [3.8, 4) is 5.75 Å². The number of carbonyl (C=O) groups is 2. The molecule has 1 aliphatic rings. The third kappa shape index (κ3) is 5.37. The number of likely N-dealkylation sites (tertiary alicyclic amines) is 1. The van der Waals surface area contributed by atoms with E-state index in [2.05, 4.69) is 18.7 Å². The first-order chi connectivity index (χ1) is 17.4. The van der Waals surface area contributed by atoms with E-state index in [0.29, 0.717) is 31.0 Å². The van der Waals surface area contributed by atoms with Gasteiger partial charge in [0.25, 0.3) is 11.7 Å². The van der Waals surface area contributed by atoms with Crippen LogP contribution in [0.3, 0.4) is 0 Å². The highest BCUT2D eigenvalue weighted by molar-refractivity contribution is 7.10. The van der Waals surface area contributed by atoms with Gasteiger partial charge in [0, 0.05) is 23.5 Å². The van der Waals surface area contributed by atoms with Crippen LogP contribution in [0.15, 0.2) is 71.6 Å². The maximum absolute atomic E-state index is 13.2. The van der Waals surface area contributed by atoms with Crippen molar-refractivity contribution < 1.29 is 19.4 Å². The number of hydrogen-bond acceptors (Lipinski definition) is 6. The molecule has 1 aromatic heterocycles. The van der Waals surface area contributed by atoms with Crippen LogP contribution in [0, 0.1) is 6.92 Å². The van der Waals surface area contributed by atoms with Gasteiger partial charge in [0.2, 0.25) is 0 Å². The topological polar surface area (TPSA) is 70.1 Å². The number of ether oxygens (including phenoxy) is 1. The Bertz CT molecular complexity index is 1230. The Hall–Kier alpha value is -3.42. The van der Waals surface area contributed by atoms with Crippen molar-refractivity contribution in [3.63, 3.8) is 0 Å². The van der Waals surface area contributed by atoms with Gasteiger partial charge in [-0.25, -0.2) is 0 Å². The summed E-state index contributed by atoms with van der Waals surface area (Å²) in [6.45, 7) is 9.28. The number of thiophene rings is 1. The van der Waals surface area contributed by atoms with Gasteiger partial charge in [-0.05, 0) is 60.8 Å². The highest BCUT2D eigenvalue weighted by atomic mass is 32.1. The summed E-state index contributed by atoms with van der Waals surface area (Å²) in [7, 11) is 0. The van der Waals surface area contributed by atoms with Crippen molar-refractivity contribution in [2.45, 2.75) is 33.4 Å². The minimum Gasteiger partial charge on any atom is -0.507 e. The summed E-state index contributed by atoms with van der Waals surface area (Å²) >= 11 is 1.48. The Morgan fingerprint density at radius 2 is 1.81 bits per heavy atom. The summed E-state index contributed by atoms with van der Waals surface area (Å²) < 4.78 is 5.96. The van der Waals surface area contributed by atoms with Crippen molar-refractivity contribution in [1.82, 2.24) is 9.80 Å². The van der Waals surface area contributed by atoms with Gasteiger partial charge < -0.3 is 19.6 Å². The summed E-state index contributed by atoms with van der Waals surface area (Å²) in [5.41, 5.74) is 2.52. The summed E-state index contributed by atoms with van der Waals surface area (Å²) in [5, 5.41) is 13.2. The first kappa shape index (κ1) is 25.7. The van der Waals surface area contributed by atoms with E-state index >= 15 is 0 Å². The molecule has 0 unspecified atom stereocenters. The van der Waals surface area contributed by atoms with E-state index in [-0.39, 0.29) is 11.3 Å². The van der Waals surface area contributed by atoms with Crippen LogP contribution in [0.1, 0.15) is 41.5 Å². The Morgan fingerprint density at radius 1 is 1.06 bits per heavy atom. The zero-order valence-electron chi connectivity index (χ0n) is 20.9. The standard InChI is InChI=1S/C29H32N2O4S/c1-4-30(5-2)15-16-31-26(24-12-9-17-36-24)25(28(33)29(31)34)27(32)22-13-14-23(20(3)18-22)35-19-21-10-7-6-8-11-21/h6-14,17-18,26,32H,4-5,15-16,19H2,1-3H3/t26-/m0/s1. The van der Waals surface area contributed by atoms with Gasteiger partial charge >= 0.3 is 0 Å². The first-order valence-electron chi connectivity index (χ1n) is 12.3. The van der Waals surface area contributed by atoms with Gasteiger partial charge in [0.15, 0.2) is 0 Å². The summed E-state index contributed by atoms with van der Waals surface area (Å²) in [4.78, 5) is 30.9. The molecule has 1 N–H and O–H groups in total. The van der Waals surface area contributed by atoms with Gasteiger partial charge in [0.1, 0.15) is 18.1 Å². The molecule has 2 heterocycles. The molecule has 1 amide bonds. The fourth-order valence-electron chi connectivity index (χ4n) is 4.49. The zero-order chi connectivity index (χ0) is 25.7. The number of ketones is 1. The second kappa shape index (κ2) is 11.5. The molecule has 0 saturated carbocycles. The molecule has 6 nitrogen and oxygen atoms in total. The van der Waals surface area contributed by atoms with Crippen LogP contribution in [0.4, 0.5) is 0 Å². The smallest absolute Gasteiger partial charge is 0.295 e. The number of aryl methyl sites for hydroxylation is 1. The number of rotatable bonds is 10. The minimum absolute atomic E-state index is 0.138. The van der Waals surface area contributed by atoms with E-state index in [9.17, 15) is 14.7 Å². The van der Waals surface area contributed by atoms with Crippen molar-refractivity contribution >= 4 is 28.8 Å². The largest absolute Gasteiger partial charge is 0.507 e. The molecule has 1 fully saturated rings. The molecule has 1 saturated heterocycles. The molecule has 0 bridgehead atoms. The van der Waals surface area contributed by atoms with Crippen molar-refractivity contribution in [2.75, 3.05) is 26.2 Å². The van der Waals surface area contributed by atoms with Crippen LogP contribution in [-0.2, 0) is 16.2 Å². The van der Waals surface area contributed by atoms with Gasteiger partial charge in [-0.1, -0.05) is 50.2 Å². The molecule has 7 heteroatoms. The Labute approximate surface area is 216 Å². The lowest BCUT2D eigenvalue weighted by atomic mass is 9.98. The highest BCUT2D eigenvalue weighted by Crippen LogP contribution is 2.41. The zero-order valence-corrected chi connectivity index (χ0v) is 21.8. The molecule has 0 spiro atoms. The molecule has 3 aromatic rings. The van der Waals surface area contributed by atoms with E-state index in [0.717, 1.165) is 29.1 Å². The number of nitrogens with zero attached hydrogens (tertiary/aromatic N) is 2. The number of benzene rings is 2. The third-order valence-electron chi connectivity index (χ3n) is 6.59. The molecule has 0 aliphatic carbocycles. The molecule has 188 valence electrons. The Balaban J connectivity index is 1.64. The molecule has 0 radical (unpaired) electrons. The van der Waals surface area contributed by atoms with Crippen LogP contribution < -0.4 is 4.74 Å². The Morgan fingerprint density at radius 3 is 2.44 bits per heavy atom. The van der Waals surface area contributed by atoms with Crippen LogP contribution in [0.2, 0.25) is 0 Å². The number of hydrogen-bond donors (Lipinski definition) is 1. The second-order valence-electron chi connectivity index (χ2n) is 8.79. The van der Waals surface area contributed by atoms with Crippen LogP contribution >= 0.6 is 11.3 Å². The van der Waals surface area contributed by atoms with Crippen LogP contribution in [0.5, 0.6) is 5.75 Å². The van der Waals surface area contributed by atoms with E-state index in [1.165, 1.54) is 11.3 Å². The molecule has 1 atom stereocenters. The average Bonchev–Trinajstić information content (AvgIpc) is 3.51. The second-order valence-corrected chi connectivity index (χ2v) is 9.77. The molecular weight excluding hydrogens is 472 g/mol. The average molecular weight is 505 g/mol. The maximum atomic E-state index is 13.2. The van der Waals surface area contributed by atoms with Crippen LogP contribution in [0.25, 0.3) is 5.76 Å². The van der Waals surface area contributed by atoms with E-state index < -0.39 is 17.7 Å². The third-order valence-corrected chi connectivity index (χ3v) is 7.51. The lowest BCUT2D eigenvalue weighted by Gasteiger charge is -2.27. The summed E-state index contributed by atoms with van der Waals surface area (Å²) in [6.07, 6.45) is 0. The van der Waals surface area contributed by atoms with Crippen molar-refractivity contribution in [3.05, 3.63) is 93.2 Å². The molecule has 4 rings (SSSR count). The summed E-state index contributed by atoms with van der Waals surface area (Å²) in [5.74, 6) is -0.672. The predicted octanol–water partition coefficient (Wildman–Crippen LogP) is 5.40. The number of amides is 1. The number of likely N-dealkylation sites (N-methyl/N-ethyl adjacent to an activating group) is 1. The molecule has 1 aliphatic heterocycles. The van der Waals surface area contributed by atoms with Gasteiger partial charge in [-0.3, -0.25) is 9.59 Å². The number of aliphatic hydroxyl groups is 1. The highest BCUT2D eigenvalue weighted by Gasteiger charge is 2.46. The number of carbonyl (C=O) groups excluding carboxylic acids is 2. The SMILES string of the molecule is CCN(CC)CCN1C(=O)C(=O)C(=C(O)c2ccc(OCc3ccccc3)c(C)c2)[C@@H]1c1cccs1. The maximum Gasteiger partial charge on any atom is 0.295 e. The van der Waals surface area contributed by atoms with E-state index in [1.807, 2.05) is 54.8 Å². The van der Waals surface area contributed by atoms with Crippen LogP contribution in [-0.4, -0.2) is 52.8 Å². The van der Waals surface area contributed by atoms with Crippen molar-refractivity contribution in [1.29, 1.82) is 0 Å². The quantitative estimate of drug-likeness (QED) is 0.227. The summed E-state index contributed by atoms with van der Waals surface area (Å²) in [6, 6.07) is 18.4. The number of Topliss-reactive ketones (excluding diaryl/α,β-unsaturated/α-hetero) is 1. The van der Waals surface area contributed by atoms with Crippen molar-refractivity contribution in [2.24, 2.45) is 0 Å². The number of aliphatic hydroxyl groups excluding tert-OH is 1. The minimum atomic E-state index is -0.646. The normalized spacial score (nSPS) is 17.2. The predicted molar refractivity (Wildman–Crippen MR) is 143 cm³/mol. The molecule has 36 heavy (non-hydrogen) atoms. The lowest BCUT2D eigenvalue weighted by molar-refractivity contribution is -0.140. The monoisotopic (exact) mass is 504 g/mol. The molecular formula is C29H32N2O4S. The van der Waals surface area contributed by atoms with Gasteiger partial charge in [0.05, 0.1) is 11.6 Å².